The predicted octanol–water partition coefficient (Wildman–Crippen LogP) is 0.921. The van der Waals surface area contributed by atoms with E-state index in [1.54, 1.807) is 25.0 Å². The van der Waals surface area contributed by atoms with Crippen LogP contribution in [0.5, 0.6) is 0 Å². The lowest BCUT2D eigenvalue weighted by molar-refractivity contribution is -0.137. The van der Waals surface area contributed by atoms with Crippen LogP contribution in [0.15, 0.2) is 6.20 Å². The lowest BCUT2D eigenvalue weighted by Crippen LogP contribution is -2.33. The standard InChI is InChI=1S/C11H18N4O3/c1-4-8-9(7-15(3)13-8)12-11(18)14(2)6-5-10(16)17/h7H,4-6H2,1-3H3,(H,12,18)(H,16,17). The maximum atomic E-state index is 11.8. The Kier molecular flexibility index (Phi) is 4.70. The van der Waals surface area contributed by atoms with Gasteiger partial charge in [-0.1, -0.05) is 6.92 Å². The third kappa shape index (κ3) is 3.76. The van der Waals surface area contributed by atoms with Gasteiger partial charge in [-0.15, -0.1) is 0 Å². The molecule has 18 heavy (non-hydrogen) atoms. The van der Waals surface area contributed by atoms with Gasteiger partial charge in [0.15, 0.2) is 0 Å². The van der Waals surface area contributed by atoms with E-state index in [1.165, 1.54) is 4.90 Å². The van der Waals surface area contributed by atoms with Gasteiger partial charge >= 0.3 is 12.0 Å². The third-order valence-electron chi connectivity index (χ3n) is 2.49. The Bertz CT molecular complexity index is 441. The number of hydrogen-bond acceptors (Lipinski definition) is 3. The predicted molar refractivity (Wildman–Crippen MR) is 66.5 cm³/mol. The first-order valence-electron chi connectivity index (χ1n) is 5.70. The van der Waals surface area contributed by atoms with E-state index in [4.69, 9.17) is 5.11 Å². The molecule has 0 aliphatic rings. The van der Waals surface area contributed by atoms with Gasteiger partial charge in [-0.25, -0.2) is 4.79 Å². The average molecular weight is 254 g/mol. The number of aryl methyl sites for hydroxylation is 2. The molecule has 0 saturated heterocycles. The van der Waals surface area contributed by atoms with Crippen LogP contribution in [0.25, 0.3) is 0 Å². The van der Waals surface area contributed by atoms with Gasteiger partial charge in [-0.3, -0.25) is 9.48 Å². The van der Waals surface area contributed by atoms with E-state index in [-0.39, 0.29) is 19.0 Å². The monoisotopic (exact) mass is 254 g/mol. The molecule has 0 unspecified atom stereocenters. The lowest BCUT2D eigenvalue weighted by atomic mass is 10.3. The Balaban J connectivity index is 2.60. The van der Waals surface area contributed by atoms with Crippen LogP contribution >= 0.6 is 0 Å². The van der Waals surface area contributed by atoms with Crippen molar-refractivity contribution < 1.29 is 14.7 Å². The zero-order valence-electron chi connectivity index (χ0n) is 10.8. The van der Waals surface area contributed by atoms with Crippen LogP contribution < -0.4 is 5.32 Å². The highest BCUT2D eigenvalue weighted by Gasteiger charge is 2.13. The van der Waals surface area contributed by atoms with Crippen molar-refractivity contribution in [3.63, 3.8) is 0 Å². The number of rotatable bonds is 5. The molecule has 0 radical (unpaired) electrons. The molecule has 2 amide bonds. The summed E-state index contributed by atoms with van der Waals surface area (Å²) in [5.41, 5.74) is 1.46. The number of nitrogens with zero attached hydrogens (tertiary/aromatic N) is 3. The lowest BCUT2D eigenvalue weighted by Gasteiger charge is -2.16. The van der Waals surface area contributed by atoms with Crippen LogP contribution in [0.4, 0.5) is 10.5 Å². The number of hydrogen-bond donors (Lipinski definition) is 2. The number of aliphatic carboxylic acids is 1. The number of nitrogens with one attached hydrogen (secondary N) is 1. The second-order valence-corrected chi connectivity index (χ2v) is 4.01. The van der Waals surface area contributed by atoms with Gasteiger partial charge in [-0.2, -0.15) is 5.10 Å². The minimum Gasteiger partial charge on any atom is -0.481 e. The Hall–Kier alpha value is -2.05. The van der Waals surface area contributed by atoms with Crippen molar-refractivity contribution in [3.05, 3.63) is 11.9 Å². The number of urea groups is 1. The summed E-state index contributed by atoms with van der Waals surface area (Å²) in [4.78, 5) is 23.5. The first kappa shape index (κ1) is 14.0. The molecule has 0 bridgehead atoms. The molecule has 7 nitrogen and oxygen atoms in total. The highest BCUT2D eigenvalue weighted by Crippen LogP contribution is 2.14. The van der Waals surface area contributed by atoms with Crippen molar-refractivity contribution in [2.75, 3.05) is 18.9 Å². The molecule has 0 saturated carbocycles. The number of carboxylic acids is 1. The summed E-state index contributed by atoms with van der Waals surface area (Å²) < 4.78 is 1.63. The number of aromatic nitrogens is 2. The molecule has 100 valence electrons. The second-order valence-electron chi connectivity index (χ2n) is 4.01. The van der Waals surface area contributed by atoms with Gasteiger partial charge in [0, 0.05) is 26.8 Å². The van der Waals surface area contributed by atoms with Gasteiger partial charge in [0.1, 0.15) is 0 Å². The Morgan fingerprint density at radius 3 is 2.78 bits per heavy atom. The molecule has 0 aliphatic heterocycles. The van der Waals surface area contributed by atoms with Gasteiger partial charge in [0.05, 0.1) is 17.8 Å². The Morgan fingerprint density at radius 1 is 1.56 bits per heavy atom. The van der Waals surface area contributed by atoms with E-state index in [1.807, 2.05) is 6.92 Å². The summed E-state index contributed by atoms with van der Waals surface area (Å²) in [6.07, 6.45) is 2.37. The highest BCUT2D eigenvalue weighted by atomic mass is 16.4. The summed E-state index contributed by atoms with van der Waals surface area (Å²) in [5, 5.41) is 15.5. The topological polar surface area (TPSA) is 87.5 Å². The molecular weight excluding hydrogens is 236 g/mol. The number of anilines is 1. The molecule has 0 atom stereocenters. The van der Waals surface area contributed by atoms with Crippen LogP contribution in [0.2, 0.25) is 0 Å². The average Bonchev–Trinajstić information content (AvgIpc) is 2.66. The summed E-state index contributed by atoms with van der Waals surface area (Å²) in [5.74, 6) is -0.926. The third-order valence-corrected chi connectivity index (χ3v) is 2.49. The van der Waals surface area contributed by atoms with E-state index >= 15 is 0 Å². The minimum atomic E-state index is -0.926. The summed E-state index contributed by atoms with van der Waals surface area (Å²) in [6, 6.07) is -0.334. The van der Waals surface area contributed by atoms with Crippen LogP contribution in [0.3, 0.4) is 0 Å². The van der Waals surface area contributed by atoms with Gasteiger partial charge in [-0.05, 0) is 6.42 Å². The quantitative estimate of drug-likeness (QED) is 0.818. The zero-order chi connectivity index (χ0) is 13.7. The minimum absolute atomic E-state index is 0.0718. The van der Waals surface area contributed by atoms with Crippen LogP contribution in [0, 0.1) is 0 Å². The maximum absolute atomic E-state index is 11.8. The fraction of sp³-hybridized carbons (Fsp3) is 0.545. The largest absolute Gasteiger partial charge is 0.481 e. The molecule has 1 aromatic heterocycles. The molecular formula is C11H18N4O3. The van der Waals surface area contributed by atoms with Crippen molar-refractivity contribution >= 4 is 17.7 Å². The van der Waals surface area contributed by atoms with Gasteiger partial charge < -0.3 is 15.3 Å². The van der Waals surface area contributed by atoms with Crippen molar-refractivity contribution in [1.82, 2.24) is 14.7 Å². The number of carbonyl (C=O) groups excluding carboxylic acids is 1. The smallest absolute Gasteiger partial charge is 0.321 e. The first-order valence-corrected chi connectivity index (χ1v) is 5.70. The molecule has 0 fully saturated rings. The van der Waals surface area contributed by atoms with Gasteiger partial charge in [0.2, 0.25) is 0 Å². The van der Waals surface area contributed by atoms with E-state index in [0.717, 1.165) is 12.1 Å². The molecule has 1 heterocycles. The Labute approximate surface area is 105 Å². The normalized spacial score (nSPS) is 10.2. The van der Waals surface area contributed by atoms with Crippen molar-refractivity contribution in [2.24, 2.45) is 7.05 Å². The SMILES string of the molecule is CCc1nn(C)cc1NC(=O)N(C)CCC(=O)O. The van der Waals surface area contributed by atoms with Gasteiger partial charge in [0.25, 0.3) is 0 Å². The van der Waals surface area contributed by atoms with Crippen LogP contribution in [-0.2, 0) is 18.3 Å². The molecule has 0 aromatic carbocycles. The van der Waals surface area contributed by atoms with E-state index in [9.17, 15) is 9.59 Å². The number of carbonyl (C=O) groups is 2. The molecule has 1 aromatic rings. The number of amides is 2. The zero-order valence-corrected chi connectivity index (χ0v) is 10.8. The Morgan fingerprint density at radius 2 is 2.22 bits per heavy atom. The maximum Gasteiger partial charge on any atom is 0.321 e. The van der Waals surface area contributed by atoms with E-state index in [0.29, 0.717) is 5.69 Å². The fourth-order valence-electron chi connectivity index (χ4n) is 1.48. The summed E-state index contributed by atoms with van der Waals surface area (Å²) >= 11 is 0. The molecule has 2 N–H and O–H groups in total. The van der Waals surface area contributed by atoms with Crippen molar-refractivity contribution in [2.45, 2.75) is 19.8 Å². The molecule has 0 aliphatic carbocycles. The number of carboxylic acid groups (broad SMARTS) is 1. The second kappa shape index (κ2) is 6.04. The van der Waals surface area contributed by atoms with E-state index < -0.39 is 5.97 Å². The molecule has 7 heteroatoms. The van der Waals surface area contributed by atoms with E-state index in [2.05, 4.69) is 10.4 Å². The summed E-state index contributed by atoms with van der Waals surface area (Å²) in [7, 11) is 3.34. The fourth-order valence-corrected chi connectivity index (χ4v) is 1.48. The first-order chi connectivity index (χ1) is 8.43. The highest BCUT2D eigenvalue weighted by molar-refractivity contribution is 5.89. The summed E-state index contributed by atoms with van der Waals surface area (Å²) in [6.45, 7) is 2.12. The van der Waals surface area contributed by atoms with Crippen LogP contribution in [0.1, 0.15) is 19.0 Å². The van der Waals surface area contributed by atoms with Crippen LogP contribution in [-0.4, -0.2) is 45.4 Å². The van der Waals surface area contributed by atoms with Crippen molar-refractivity contribution in [3.8, 4) is 0 Å². The molecule has 1 rings (SSSR count). The van der Waals surface area contributed by atoms with Crippen molar-refractivity contribution in [1.29, 1.82) is 0 Å². The molecule has 0 spiro atoms.